The zero-order chi connectivity index (χ0) is 18.0. The molecule has 1 aromatic rings. The van der Waals surface area contributed by atoms with Gasteiger partial charge in [-0.2, -0.15) is 0 Å². The summed E-state index contributed by atoms with van der Waals surface area (Å²) in [7, 11) is 0. The molecular weight excluding hydrogens is 403 g/mol. The van der Waals surface area contributed by atoms with E-state index in [-0.39, 0.29) is 5.97 Å². The maximum Gasteiger partial charge on any atom is 0.338 e. The number of unbranched alkanes of at least 4 members (excludes halogenated alkanes) is 3. The summed E-state index contributed by atoms with van der Waals surface area (Å²) in [6.45, 7) is 9.21. The molecule has 2 nitrogen and oxygen atoms in total. The topological polar surface area (TPSA) is 26.3 Å². The fraction of sp³-hybridized carbons (Fsp3) is 0.667. The first-order chi connectivity index (χ1) is 11.7. The molecule has 1 radical (unpaired) electrons. The van der Waals surface area contributed by atoms with Crippen molar-refractivity contribution < 1.29 is 9.53 Å². The minimum Gasteiger partial charge on any atom is -0.462 e. The van der Waals surface area contributed by atoms with Gasteiger partial charge < -0.3 is 4.74 Å². The Morgan fingerprint density at radius 1 is 0.917 bits per heavy atom. The Bertz CT molecular complexity index is 373. The molecule has 0 unspecified atom stereocenters. The number of esters is 1. The van der Waals surface area contributed by atoms with Crippen molar-refractivity contribution >= 4 is 25.7 Å². The standard InChI is InChI=1S/C9H9O2.3C4H9.Sn.H/c1-2-11-9(10)8-6-4-3-5-7-8;3*1-3-4-2;;/h4-7H,2H2,1H3;3*1,3-4H2,2H3;;. The van der Waals surface area contributed by atoms with Gasteiger partial charge in [-0.3, -0.25) is 0 Å². The summed E-state index contributed by atoms with van der Waals surface area (Å²) in [4.78, 5) is 11.0. The summed E-state index contributed by atoms with van der Waals surface area (Å²) in [6.07, 6.45) is 8.87. The van der Waals surface area contributed by atoms with E-state index in [0.29, 0.717) is 12.2 Å². The van der Waals surface area contributed by atoms with Gasteiger partial charge in [-0.25, -0.2) is 4.79 Å². The Balaban J connectivity index is 0.000000446. The molecule has 1 rings (SSSR count). The van der Waals surface area contributed by atoms with Crippen molar-refractivity contribution in [3.63, 3.8) is 0 Å². The fourth-order valence-corrected chi connectivity index (χ4v) is 13.6. The molecule has 0 heterocycles. The van der Waals surface area contributed by atoms with Gasteiger partial charge in [0, 0.05) is 0 Å². The molecule has 0 saturated carbocycles. The number of rotatable bonds is 11. The van der Waals surface area contributed by atoms with Crippen molar-refractivity contribution in [3.8, 4) is 0 Å². The first-order valence-corrected chi connectivity index (χ1v) is 16.8. The summed E-state index contributed by atoms with van der Waals surface area (Å²) in [6, 6.07) is 9.55. The zero-order valence-corrected chi connectivity index (χ0v) is 19.6. The fourth-order valence-electron chi connectivity index (χ4n) is 2.65. The second-order valence-electron chi connectivity index (χ2n) is 6.30. The minimum atomic E-state index is -0.967. The van der Waals surface area contributed by atoms with Crippen molar-refractivity contribution in [2.24, 2.45) is 0 Å². The zero-order valence-electron chi connectivity index (χ0n) is 16.3. The van der Waals surface area contributed by atoms with Crippen LogP contribution in [-0.4, -0.2) is 32.3 Å². The van der Waals surface area contributed by atoms with Crippen LogP contribution in [0.3, 0.4) is 0 Å². The Kier molecular flexibility index (Phi) is 16.9. The van der Waals surface area contributed by atoms with Gasteiger partial charge in [-0.1, -0.05) is 12.1 Å². The molecule has 0 aliphatic heterocycles. The quantitative estimate of drug-likeness (QED) is 0.299. The van der Waals surface area contributed by atoms with Gasteiger partial charge >= 0.3 is 98.3 Å². The molecule has 137 valence electrons. The van der Waals surface area contributed by atoms with Crippen molar-refractivity contribution in [3.05, 3.63) is 35.9 Å². The van der Waals surface area contributed by atoms with Crippen LogP contribution in [0.15, 0.2) is 24.3 Å². The largest absolute Gasteiger partial charge is 0.462 e. The van der Waals surface area contributed by atoms with Crippen molar-refractivity contribution in [1.82, 2.24) is 0 Å². The average Bonchev–Trinajstić information content (AvgIpc) is 2.62. The van der Waals surface area contributed by atoms with E-state index in [1.165, 1.54) is 38.5 Å². The average molecular weight is 440 g/mol. The van der Waals surface area contributed by atoms with E-state index < -0.39 is 19.8 Å². The number of ether oxygens (including phenoxy) is 1. The van der Waals surface area contributed by atoms with Crippen molar-refractivity contribution in [1.29, 1.82) is 0 Å². The van der Waals surface area contributed by atoms with Gasteiger partial charge in [0.1, 0.15) is 0 Å². The Morgan fingerprint density at radius 3 is 1.75 bits per heavy atom. The third-order valence-corrected chi connectivity index (χ3v) is 14.6. The molecule has 24 heavy (non-hydrogen) atoms. The predicted molar refractivity (Wildman–Crippen MR) is 108 cm³/mol. The van der Waals surface area contributed by atoms with E-state index in [4.69, 9.17) is 4.74 Å². The van der Waals surface area contributed by atoms with E-state index in [0.717, 1.165) is 0 Å². The maximum absolute atomic E-state index is 11.0. The van der Waals surface area contributed by atoms with Gasteiger partial charge in [0.2, 0.25) is 0 Å². The third kappa shape index (κ3) is 12.9. The van der Waals surface area contributed by atoms with E-state index >= 15 is 0 Å². The molecule has 0 amide bonds. The monoisotopic (exact) mass is 441 g/mol. The van der Waals surface area contributed by atoms with Gasteiger partial charge in [0.25, 0.3) is 0 Å². The van der Waals surface area contributed by atoms with Crippen LogP contribution in [0.4, 0.5) is 0 Å². The number of hydrogen-bond acceptors (Lipinski definition) is 2. The van der Waals surface area contributed by atoms with E-state index in [2.05, 4.69) is 26.8 Å². The molecule has 3 heteroatoms. The van der Waals surface area contributed by atoms with Crippen molar-refractivity contribution in [2.75, 3.05) is 6.61 Å². The summed E-state index contributed by atoms with van der Waals surface area (Å²) in [5.41, 5.74) is 0.575. The van der Waals surface area contributed by atoms with Crippen LogP contribution in [0.1, 0.15) is 76.6 Å². The summed E-state index contributed by atoms with van der Waals surface area (Å²) in [5.74, 6) is -0.276. The van der Waals surface area contributed by atoms with E-state index in [9.17, 15) is 4.79 Å². The van der Waals surface area contributed by atoms with Gasteiger partial charge in [-0.05, 0) is 25.1 Å². The number of benzene rings is 1. The van der Waals surface area contributed by atoms with Gasteiger partial charge in [-0.15, -0.1) is 0 Å². The van der Waals surface area contributed by atoms with Crippen LogP contribution >= 0.6 is 0 Å². The van der Waals surface area contributed by atoms with Gasteiger partial charge in [0.15, 0.2) is 0 Å². The Hall–Kier alpha value is -0.511. The molecule has 0 aliphatic carbocycles. The number of carbonyl (C=O) groups is 1. The summed E-state index contributed by atoms with van der Waals surface area (Å²) >= 11 is -0.967. The van der Waals surface area contributed by atoms with Crippen LogP contribution in [0, 0.1) is 6.07 Å². The molecule has 0 spiro atoms. The van der Waals surface area contributed by atoms with Crippen LogP contribution < -0.4 is 0 Å². The van der Waals surface area contributed by atoms with Gasteiger partial charge in [0.05, 0.1) is 12.2 Å². The van der Waals surface area contributed by atoms with Crippen LogP contribution in [0.2, 0.25) is 13.3 Å². The summed E-state index contributed by atoms with van der Waals surface area (Å²) in [5, 5.41) is 0. The first kappa shape index (κ1) is 23.5. The first-order valence-electron chi connectivity index (χ1n) is 9.82. The smallest absolute Gasteiger partial charge is 0.338 e. The summed E-state index contributed by atoms with van der Waals surface area (Å²) < 4.78 is 9.85. The number of carbonyl (C=O) groups excluding carboxylic acids is 1. The van der Waals surface area contributed by atoms with E-state index in [1.807, 2.05) is 0 Å². The molecule has 1 aromatic carbocycles. The molecule has 0 fully saturated rings. The molecule has 0 saturated heterocycles. The second kappa shape index (κ2) is 17.3. The minimum absolute atomic E-state index is 0.276. The molecule has 0 aromatic heterocycles. The van der Waals surface area contributed by atoms with Crippen LogP contribution in [0.25, 0.3) is 0 Å². The van der Waals surface area contributed by atoms with E-state index in [1.54, 1.807) is 44.5 Å². The SMILES string of the molecule is CCC[CH2][SnH]([CH2]CCC)[CH2]CCC.CCOC(=O)c1cc[c]cc1. The maximum atomic E-state index is 11.0. The second-order valence-corrected chi connectivity index (χ2v) is 16.2. The molecule has 0 atom stereocenters. The Labute approximate surface area is 157 Å². The third-order valence-electron chi connectivity index (χ3n) is 4.13. The molecule has 0 bridgehead atoms. The predicted octanol–water partition coefficient (Wildman–Crippen LogP) is 6.28. The van der Waals surface area contributed by atoms with Crippen LogP contribution in [0.5, 0.6) is 0 Å². The Morgan fingerprint density at radius 2 is 1.38 bits per heavy atom. The van der Waals surface area contributed by atoms with Crippen molar-refractivity contribution in [2.45, 2.75) is 79.5 Å². The molecule has 0 aliphatic rings. The molecular formula is C21H37O2Sn. The van der Waals surface area contributed by atoms with Crippen LogP contribution in [-0.2, 0) is 4.74 Å². The molecule has 0 N–H and O–H groups in total. The normalized spacial score (nSPS) is 10.2. The number of hydrogen-bond donors (Lipinski definition) is 0.